The second-order valence-electron chi connectivity index (χ2n) is 5.38. The maximum atomic E-state index is 12.5. The first kappa shape index (κ1) is 14.5. The Kier molecular flexibility index (Phi) is 4.34. The Morgan fingerprint density at radius 2 is 1.95 bits per heavy atom. The van der Waals surface area contributed by atoms with Crippen LogP contribution in [0.15, 0.2) is 54.9 Å². The minimum atomic E-state index is -0.610. The van der Waals surface area contributed by atoms with Gasteiger partial charge in [-0.15, -0.1) is 0 Å². The van der Waals surface area contributed by atoms with Gasteiger partial charge in [-0.05, 0) is 17.7 Å². The van der Waals surface area contributed by atoms with Crippen LogP contribution in [0.1, 0.15) is 18.0 Å². The van der Waals surface area contributed by atoms with Gasteiger partial charge in [0.1, 0.15) is 17.9 Å². The number of likely N-dealkylation sites (tertiary alicyclic amines) is 1. The summed E-state index contributed by atoms with van der Waals surface area (Å²) in [6, 6.07) is 12.5. The SMILES string of the molecule is N[C@H](C(=O)N1CC[C@H](Oc2ccncc2)C1)c1ccccc1. The first-order valence-corrected chi connectivity index (χ1v) is 7.40. The van der Waals surface area contributed by atoms with Gasteiger partial charge < -0.3 is 15.4 Å². The van der Waals surface area contributed by atoms with Gasteiger partial charge in [-0.25, -0.2) is 0 Å². The van der Waals surface area contributed by atoms with Crippen molar-refractivity contribution in [3.05, 3.63) is 60.4 Å². The first-order valence-electron chi connectivity index (χ1n) is 7.40. The number of aromatic nitrogens is 1. The number of rotatable bonds is 4. The molecule has 5 heteroatoms. The van der Waals surface area contributed by atoms with Crippen LogP contribution >= 0.6 is 0 Å². The Labute approximate surface area is 129 Å². The maximum Gasteiger partial charge on any atom is 0.244 e. The average molecular weight is 297 g/mol. The third-order valence-electron chi connectivity index (χ3n) is 3.83. The zero-order chi connectivity index (χ0) is 15.4. The van der Waals surface area contributed by atoms with Crippen molar-refractivity contribution in [2.45, 2.75) is 18.6 Å². The van der Waals surface area contributed by atoms with E-state index in [9.17, 15) is 4.79 Å². The molecule has 1 aliphatic heterocycles. The molecular weight excluding hydrogens is 278 g/mol. The molecular formula is C17H19N3O2. The van der Waals surface area contributed by atoms with Crippen LogP contribution in [0.2, 0.25) is 0 Å². The van der Waals surface area contributed by atoms with Crippen LogP contribution in [-0.2, 0) is 4.79 Å². The molecule has 1 aromatic carbocycles. The molecule has 1 aliphatic rings. The summed E-state index contributed by atoms with van der Waals surface area (Å²) < 4.78 is 5.87. The molecule has 2 N–H and O–H groups in total. The average Bonchev–Trinajstić information content (AvgIpc) is 3.04. The number of nitrogens with two attached hydrogens (primary N) is 1. The number of pyridine rings is 1. The Hall–Kier alpha value is -2.40. The summed E-state index contributed by atoms with van der Waals surface area (Å²) in [5.74, 6) is 0.730. The van der Waals surface area contributed by atoms with E-state index in [0.717, 1.165) is 17.7 Å². The van der Waals surface area contributed by atoms with E-state index >= 15 is 0 Å². The number of nitrogens with zero attached hydrogens (tertiary/aromatic N) is 2. The molecule has 0 radical (unpaired) electrons. The van der Waals surface area contributed by atoms with Crippen molar-refractivity contribution in [3.8, 4) is 5.75 Å². The predicted octanol–water partition coefficient (Wildman–Crippen LogP) is 1.76. The van der Waals surface area contributed by atoms with Gasteiger partial charge in [0.15, 0.2) is 0 Å². The molecule has 22 heavy (non-hydrogen) atoms. The predicted molar refractivity (Wildman–Crippen MR) is 83.2 cm³/mol. The smallest absolute Gasteiger partial charge is 0.244 e. The third kappa shape index (κ3) is 3.26. The summed E-state index contributed by atoms with van der Waals surface area (Å²) >= 11 is 0. The minimum Gasteiger partial charge on any atom is -0.488 e. The van der Waals surface area contributed by atoms with Crippen molar-refractivity contribution < 1.29 is 9.53 Å². The molecule has 0 bridgehead atoms. The summed E-state index contributed by atoms with van der Waals surface area (Å²) in [6.45, 7) is 1.25. The zero-order valence-electron chi connectivity index (χ0n) is 12.3. The standard InChI is InChI=1S/C17H19N3O2/c18-16(13-4-2-1-3-5-13)17(21)20-11-8-15(12-20)22-14-6-9-19-10-7-14/h1-7,9-10,15-16H,8,11-12,18H2/t15-,16-/m0/s1. The largest absolute Gasteiger partial charge is 0.488 e. The van der Waals surface area contributed by atoms with E-state index in [0.29, 0.717) is 13.1 Å². The van der Waals surface area contributed by atoms with E-state index in [1.807, 2.05) is 42.5 Å². The van der Waals surface area contributed by atoms with Crippen LogP contribution in [0.25, 0.3) is 0 Å². The molecule has 3 rings (SSSR count). The monoisotopic (exact) mass is 297 g/mol. The Balaban J connectivity index is 1.59. The van der Waals surface area contributed by atoms with E-state index in [4.69, 9.17) is 10.5 Å². The van der Waals surface area contributed by atoms with Crippen molar-refractivity contribution in [1.29, 1.82) is 0 Å². The quantitative estimate of drug-likeness (QED) is 0.933. The Morgan fingerprint density at radius 1 is 1.23 bits per heavy atom. The molecule has 2 heterocycles. The molecule has 1 amide bonds. The lowest BCUT2D eigenvalue weighted by atomic mass is 10.1. The molecule has 0 aliphatic carbocycles. The van der Waals surface area contributed by atoms with Crippen LogP contribution in [-0.4, -0.2) is 35.0 Å². The van der Waals surface area contributed by atoms with Crippen molar-refractivity contribution >= 4 is 5.91 Å². The normalized spacial score (nSPS) is 19.0. The highest BCUT2D eigenvalue weighted by Gasteiger charge is 2.30. The summed E-state index contributed by atoms with van der Waals surface area (Å²) in [5, 5.41) is 0. The fourth-order valence-electron chi connectivity index (χ4n) is 2.63. The van der Waals surface area contributed by atoms with Crippen LogP contribution in [0.4, 0.5) is 0 Å². The summed E-state index contributed by atoms with van der Waals surface area (Å²) in [5.41, 5.74) is 6.91. The van der Waals surface area contributed by atoms with Gasteiger partial charge in [-0.3, -0.25) is 9.78 Å². The highest BCUT2D eigenvalue weighted by Crippen LogP contribution is 2.20. The molecule has 5 nitrogen and oxygen atoms in total. The second-order valence-corrected chi connectivity index (χ2v) is 5.38. The molecule has 0 unspecified atom stereocenters. The number of hydrogen-bond donors (Lipinski definition) is 1. The molecule has 1 aromatic heterocycles. The number of carbonyl (C=O) groups is 1. The van der Waals surface area contributed by atoms with E-state index < -0.39 is 6.04 Å². The lowest BCUT2D eigenvalue weighted by Crippen LogP contribution is -2.38. The molecule has 114 valence electrons. The van der Waals surface area contributed by atoms with Gasteiger partial charge >= 0.3 is 0 Å². The second kappa shape index (κ2) is 6.58. The van der Waals surface area contributed by atoms with Gasteiger partial charge in [0.2, 0.25) is 5.91 Å². The van der Waals surface area contributed by atoms with Gasteiger partial charge in [-0.1, -0.05) is 30.3 Å². The molecule has 2 atom stereocenters. The van der Waals surface area contributed by atoms with Crippen molar-refractivity contribution in [2.24, 2.45) is 5.73 Å². The fraction of sp³-hybridized carbons (Fsp3) is 0.294. The number of hydrogen-bond acceptors (Lipinski definition) is 4. The fourth-order valence-corrected chi connectivity index (χ4v) is 2.63. The van der Waals surface area contributed by atoms with E-state index in [1.54, 1.807) is 17.3 Å². The lowest BCUT2D eigenvalue weighted by molar-refractivity contribution is -0.131. The highest BCUT2D eigenvalue weighted by atomic mass is 16.5. The van der Waals surface area contributed by atoms with Crippen LogP contribution in [0, 0.1) is 0 Å². The Bertz CT molecular complexity index is 618. The van der Waals surface area contributed by atoms with Gasteiger partial charge in [0, 0.05) is 25.4 Å². The van der Waals surface area contributed by atoms with Gasteiger partial charge in [0.05, 0.1) is 6.54 Å². The molecule has 1 fully saturated rings. The van der Waals surface area contributed by atoms with Gasteiger partial charge in [0.25, 0.3) is 0 Å². The van der Waals surface area contributed by atoms with E-state index in [1.165, 1.54) is 0 Å². The number of ether oxygens (including phenoxy) is 1. The van der Waals surface area contributed by atoms with Gasteiger partial charge in [-0.2, -0.15) is 0 Å². The minimum absolute atomic E-state index is 0.00863. The van der Waals surface area contributed by atoms with Crippen molar-refractivity contribution in [3.63, 3.8) is 0 Å². The number of benzene rings is 1. The topological polar surface area (TPSA) is 68.5 Å². The van der Waals surface area contributed by atoms with Crippen LogP contribution in [0.3, 0.4) is 0 Å². The van der Waals surface area contributed by atoms with Crippen LogP contribution < -0.4 is 10.5 Å². The molecule has 2 aromatic rings. The summed E-state index contributed by atoms with van der Waals surface area (Å²) in [4.78, 5) is 18.2. The van der Waals surface area contributed by atoms with Crippen molar-refractivity contribution in [2.75, 3.05) is 13.1 Å². The molecule has 0 spiro atoms. The summed E-state index contributed by atoms with van der Waals surface area (Å²) in [7, 11) is 0. The molecule has 1 saturated heterocycles. The lowest BCUT2D eigenvalue weighted by Gasteiger charge is -2.21. The number of carbonyl (C=O) groups excluding carboxylic acids is 1. The van der Waals surface area contributed by atoms with Crippen molar-refractivity contribution in [1.82, 2.24) is 9.88 Å². The van der Waals surface area contributed by atoms with E-state index in [-0.39, 0.29) is 12.0 Å². The third-order valence-corrected chi connectivity index (χ3v) is 3.83. The summed E-state index contributed by atoms with van der Waals surface area (Å²) in [6.07, 6.45) is 4.21. The highest BCUT2D eigenvalue weighted by molar-refractivity contribution is 5.83. The first-order chi connectivity index (χ1) is 10.7. The Morgan fingerprint density at radius 3 is 2.68 bits per heavy atom. The number of amides is 1. The molecule has 0 saturated carbocycles. The zero-order valence-corrected chi connectivity index (χ0v) is 12.3. The van der Waals surface area contributed by atoms with Crippen LogP contribution in [0.5, 0.6) is 5.75 Å². The maximum absolute atomic E-state index is 12.5. The van der Waals surface area contributed by atoms with E-state index in [2.05, 4.69) is 4.98 Å².